The monoisotopic (exact) mass is 235 g/mol. The molecule has 92 valence electrons. The first-order chi connectivity index (χ1) is 8.33. The highest BCUT2D eigenvalue weighted by Crippen LogP contribution is 2.11. The quantitative estimate of drug-likeness (QED) is 0.764. The number of anilines is 1. The lowest BCUT2D eigenvalue weighted by Gasteiger charge is -2.05. The summed E-state index contributed by atoms with van der Waals surface area (Å²) in [6, 6.07) is 0. The number of hydrogen-bond acceptors (Lipinski definition) is 5. The molecule has 0 atom stereocenters. The van der Waals surface area contributed by atoms with Gasteiger partial charge in [0.15, 0.2) is 5.82 Å². The van der Waals surface area contributed by atoms with Gasteiger partial charge in [0.1, 0.15) is 5.82 Å². The molecule has 0 aliphatic carbocycles. The number of nitrogens with one attached hydrogen (secondary N) is 1. The van der Waals surface area contributed by atoms with Crippen molar-refractivity contribution in [1.82, 2.24) is 19.6 Å². The Bertz CT molecular complexity index is 482. The van der Waals surface area contributed by atoms with Gasteiger partial charge < -0.3 is 10.1 Å². The van der Waals surface area contributed by atoms with Crippen LogP contribution in [0.25, 0.3) is 5.65 Å². The van der Waals surface area contributed by atoms with Crippen LogP contribution in [0.15, 0.2) is 12.4 Å². The molecule has 0 unspecified atom stereocenters. The predicted octanol–water partition coefficient (Wildman–Crippen LogP) is 1.27. The van der Waals surface area contributed by atoms with Crippen molar-refractivity contribution in [2.24, 2.45) is 0 Å². The van der Waals surface area contributed by atoms with Crippen molar-refractivity contribution in [3.05, 3.63) is 18.2 Å². The first kappa shape index (κ1) is 11.8. The van der Waals surface area contributed by atoms with Crippen LogP contribution in [0.3, 0.4) is 0 Å². The Kier molecular flexibility index (Phi) is 3.87. The molecule has 2 aromatic rings. The molecule has 0 fully saturated rings. The van der Waals surface area contributed by atoms with Gasteiger partial charge in [-0.25, -0.2) is 4.98 Å². The van der Waals surface area contributed by atoms with Crippen molar-refractivity contribution in [3.63, 3.8) is 0 Å². The summed E-state index contributed by atoms with van der Waals surface area (Å²) in [7, 11) is 1.72. The van der Waals surface area contributed by atoms with Gasteiger partial charge >= 0.3 is 0 Å². The van der Waals surface area contributed by atoms with Crippen molar-refractivity contribution in [1.29, 1.82) is 0 Å². The summed E-state index contributed by atoms with van der Waals surface area (Å²) in [5.74, 6) is 1.65. The molecule has 0 spiro atoms. The lowest BCUT2D eigenvalue weighted by Crippen LogP contribution is -2.06. The summed E-state index contributed by atoms with van der Waals surface area (Å²) < 4.78 is 6.92. The number of hydrogen-bond donors (Lipinski definition) is 1. The molecule has 6 heteroatoms. The summed E-state index contributed by atoms with van der Waals surface area (Å²) in [5.41, 5.74) is 0.775. The summed E-state index contributed by atoms with van der Waals surface area (Å²) in [4.78, 5) is 4.27. The number of aromatic nitrogens is 4. The molecule has 0 aromatic carbocycles. The topological polar surface area (TPSA) is 64.3 Å². The van der Waals surface area contributed by atoms with Crippen LogP contribution in [0.4, 0.5) is 5.82 Å². The van der Waals surface area contributed by atoms with E-state index in [0.29, 0.717) is 0 Å². The molecule has 0 saturated heterocycles. The van der Waals surface area contributed by atoms with Gasteiger partial charge in [0.05, 0.1) is 0 Å². The molecule has 0 radical (unpaired) electrons. The third-order valence-corrected chi connectivity index (χ3v) is 2.57. The highest BCUT2D eigenvalue weighted by Gasteiger charge is 2.06. The van der Waals surface area contributed by atoms with E-state index in [1.807, 2.05) is 17.5 Å². The highest BCUT2D eigenvalue weighted by molar-refractivity contribution is 5.61. The van der Waals surface area contributed by atoms with Gasteiger partial charge in [-0.1, -0.05) is 0 Å². The zero-order chi connectivity index (χ0) is 12.1. The van der Waals surface area contributed by atoms with Gasteiger partial charge in [0.25, 0.3) is 0 Å². The number of fused-ring (bicyclic) bond motifs is 1. The van der Waals surface area contributed by atoms with Crippen LogP contribution in [-0.4, -0.2) is 39.8 Å². The average molecular weight is 235 g/mol. The van der Waals surface area contributed by atoms with Gasteiger partial charge in [-0.15, -0.1) is 10.2 Å². The van der Waals surface area contributed by atoms with Gasteiger partial charge in [0, 0.05) is 32.7 Å². The Morgan fingerprint density at radius 3 is 3.06 bits per heavy atom. The van der Waals surface area contributed by atoms with E-state index in [1.54, 1.807) is 13.3 Å². The van der Waals surface area contributed by atoms with Gasteiger partial charge in [-0.2, -0.15) is 0 Å². The van der Waals surface area contributed by atoms with E-state index in [2.05, 4.69) is 20.5 Å². The lowest BCUT2D eigenvalue weighted by molar-refractivity contribution is 0.194. The maximum atomic E-state index is 5.00. The standard InChI is InChI=1S/C11H17N5O/c1-9-14-15-11-10(13-6-7-16(9)11)12-5-3-4-8-17-2/h6-7H,3-5,8H2,1-2H3,(H,12,13). The van der Waals surface area contributed by atoms with E-state index in [9.17, 15) is 0 Å². The predicted molar refractivity (Wildman–Crippen MR) is 65.1 cm³/mol. The Morgan fingerprint density at radius 1 is 1.35 bits per heavy atom. The first-order valence-corrected chi connectivity index (χ1v) is 5.72. The number of aryl methyl sites for hydroxylation is 1. The molecule has 0 aliphatic heterocycles. The van der Waals surface area contributed by atoms with Crippen LogP contribution in [-0.2, 0) is 4.74 Å². The smallest absolute Gasteiger partial charge is 0.203 e. The molecule has 0 bridgehead atoms. The summed E-state index contributed by atoms with van der Waals surface area (Å²) >= 11 is 0. The largest absolute Gasteiger partial charge is 0.385 e. The van der Waals surface area contributed by atoms with E-state index in [0.717, 1.165) is 43.3 Å². The number of methoxy groups -OCH3 is 1. The minimum absolute atomic E-state index is 0.775. The van der Waals surface area contributed by atoms with E-state index < -0.39 is 0 Å². The molecule has 0 saturated carbocycles. The molecule has 2 rings (SSSR count). The number of rotatable bonds is 6. The third-order valence-electron chi connectivity index (χ3n) is 2.57. The van der Waals surface area contributed by atoms with Gasteiger partial charge in [0.2, 0.25) is 5.65 Å². The Morgan fingerprint density at radius 2 is 2.24 bits per heavy atom. The van der Waals surface area contributed by atoms with Crippen molar-refractivity contribution >= 4 is 11.5 Å². The number of ether oxygens (including phenoxy) is 1. The van der Waals surface area contributed by atoms with Crippen LogP contribution >= 0.6 is 0 Å². The fraction of sp³-hybridized carbons (Fsp3) is 0.545. The van der Waals surface area contributed by atoms with Crippen LogP contribution in [0, 0.1) is 6.92 Å². The van der Waals surface area contributed by atoms with E-state index >= 15 is 0 Å². The van der Waals surface area contributed by atoms with Gasteiger partial charge in [-0.3, -0.25) is 4.40 Å². The number of unbranched alkanes of at least 4 members (excludes halogenated alkanes) is 1. The lowest BCUT2D eigenvalue weighted by atomic mass is 10.3. The molecule has 1 N–H and O–H groups in total. The molecule has 17 heavy (non-hydrogen) atoms. The second-order valence-electron chi connectivity index (χ2n) is 3.84. The SMILES string of the molecule is COCCCCNc1nccn2c(C)nnc12. The maximum absolute atomic E-state index is 5.00. The van der Waals surface area contributed by atoms with Crippen molar-refractivity contribution < 1.29 is 4.74 Å². The van der Waals surface area contributed by atoms with E-state index in [1.165, 1.54) is 0 Å². The fourth-order valence-corrected chi connectivity index (χ4v) is 1.64. The minimum Gasteiger partial charge on any atom is -0.385 e. The van der Waals surface area contributed by atoms with Crippen LogP contribution in [0.5, 0.6) is 0 Å². The third kappa shape index (κ3) is 2.71. The Labute approximate surface area is 100 Å². The second-order valence-corrected chi connectivity index (χ2v) is 3.84. The zero-order valence-corrected chi connectivity index (χ0v) is 10.2. The summed E-state index contributed by atoms with van der Waals surface area (Å²) in [5, 5.41) is 11.4. The molecular weight excluding hydrogens is 218 g/mol. The van der Waals surface area contributed by atoms with Crippen LogP contribution in [0.1, 0.15) is 18.7 Å². The molecule has 2 aromatic heterocycles. The second kappa shape index (κ2) is 5.58. The normalized spacial score (nSPS) is 10.9. The van der Waals surface area contributed by atoms with Crippen LogP contribution < -0.4 is 5.32 Å². The minimum atomic E-state index is 0.775. The number of nitrogens with zero attached hydrogens (tertiary/aromatic N) is 4. The Hall–Kier alpha value is -1.69. The zero-order valence-electron chi connectivity index (χ0n) is 10.2. The van der Waals surface area contributed by atoms with Gasteiger partial charge in [-0.05, 0) is 19.8 Å². The maximum Gasteiger partial charge on any atom is 0.203 e. The fourth-order valence-electron chi connectivity index (χ4n) is 1.64. The molecular formula is C11H17N5O. The van der Waals surface area contributed by atoms with Crippen molar-refractivity contribution in [2.45, 2.75) is 19.8 Å². The van der Waals surface area contributed by atoms with E-state index in [4.69, 9.17) is 4.74 Å². The first-order valence-electron chi connectivity index (χ1n) is 5.72. The molecule has 2 heterocycles. The summed E-state index contributed by atoms with van der Waals surface area (Å²) in [6.45, 7) is 3.58. The molecule has 0 amide bonds. The average Bonchev–Trinajstić information content (AvgIpc) is 2.72. The van der Waals surface area contributed by atoms with E-state index in [-0.39, 0.29) is 0 Å². The highest BCUT2D eigenvalue weighted by atomic mass is 16.5. The Balaban J connectivity index is 1.99. The molecule has 6 nitrogen and oxygen atoms in total. The van der Waals surface area contributed by atoms with Crippen LogP contribution in [0.2, 0.25) is 0 Å². The van der Waals surface area contributed by atoms with Crippen molar-refractivity contribution in [3.8, 4) is 0 Å². The molecule has 0 aliphatic rings. The van der Waals surface area contributed by atoms with Crippen molar-refractivity contribution in [2.75, 3.05) is 25.6 Å². The summed E-state index contributed by atoms with van der Waals surface area (Å²) in [6.07, 6.45) is 5.70.